The van der Waals surface area contributed by atoms with Gasteiger partial charge in [0.25, 0.3) is 0 Å². The lowest BCUT2D eigenvalue weighted by molar-refractivity contribution is 0.928. The van der Waals surface area contributed by atoms with Gasteiger partial charge in [-0.25, -0.2) is 0 Å². The van der Waals surface area contributed by atoms with Crippen molar-refractivity contribution in [1.82, 2.24) is 0 Å². The maximum Gasteiger partial charge on any atom is 0.0269 e. The molecule has 0 spiro atoms. The van der Waals surface area contributed by atoms with Crippen molar-refractivity contribution in [2.75, 3.05) is 23.6 Å². The second-order valence-corrected chi connectivity index (χ2v) is 3.28. The molecule has 0 atom stereocenters. The molecule has 0 amide bonds. The molecule has 0 rings (SSSR count). The Morgan fingerprint density at radius 2 is 1.83 bits per heavy atom. The Bertz CT molecular complexity index is 115. The van der Waals surface area contributed by atoms with Crippen LogP contribution in [0.4, 0.5) is 0 Å². The molecule has 0 heterocycles. The van der Waals surface area contributed by atoms with Gasteiger partial charge in [0.05, 0.1) is 0 Å². The van der Waals surface area contributed by atoms with Crippen molar-refractivity contribution in [3.8, 4) is 0 Å². The Hall–Kier alpha value is 0.370. The van der Waals surface area contributed by atoms with Gasteiger partial charge in [-0.15, -0.1) is 23.2 Å². The van der Waals surface area contributed by atoms with Gasteiger partial charge in [0, 0.05) is 28.5 Å². The highest BCUT2D eigenvalue weighted by atomic mass is 79.9. The molecule has 72 valence electrons. The molecule has 0 aliphatic rings. The Morgan fingerprint density at radius 1 is 1.25 bits per heavy atom. The van der Waals surface area contributed by atoms with Crippen molar-refractivity contribution in [2.45, 2.75) is 12.8 Å². The zero-order chi connectivity index (χ0) is 9.66. The lowest BCUT2D eigenvalue weighted by Gasteiger charge is -1.79. The van der Waals surface area contributed by atoms with Crippen LogP contribution in [0.3, 0.4) is 0 Å². The highest BCUT2D eigenvalue weighted by Gasteiger charge is 1.75. The maximum atomic E-state index is 7.71. The third-order valence-corrected chi connectivity index (χ3v) is 1.82. The highest BCUT2D eigenvalue weighted by molar-refractivity contribution is 9.09. The summed E-state index contributed by atoms with van der Waals surface area (Å²) in [6.07, 6.45) is 1.84. The number of nitrogens with zero attached hydrogens (tertiary/aromatic N) is 3. The molecule has 12 heavy (non-hydrogen) atoms. The predicted octanol–water partition coefficient (Wildman–Crippen LogP) is 3.94. The van der Waals surface area contributed by atoms with Crippen molar-refractivity contribution in [1.29, 1.82) is 0 Å². The molecule has 0 aliphatic carbocycles. The molecule has 3 nitrogen and oxygen atoms in total. The molecule has 0 aromatic heterocycles. The molecule has 0 fully saturated rings. The van der Waals surface area contributed by atoms with Crippen LogP contribution in [0.15, 0.2) is 5.11 Å². The van der Waals surface area contributed by atoms with Gasteiger partial charge in [0.15, 0.2) is 0 Å². The fourth-order valence-electron chi connectivity index (χ4n) is 0.226. The normalized spacial score (nSPS) is 7.92. The number of hydrogen-bond donors (Lipinski definition) is 0. The molecule has 6 heteroatoms. The smallest absolute Gasteiger partial charge is 0.0269 e. The minimum Gasteiger partial charge on any atom is -0.127 e. The number of rotatable bonds is 5. The molecule has 0 aromatic carbocycles. The zero-order valence-corrected chi connectivity index (χ0v) is 9.82. The Kier molecular flexibility index (Phi) is 21.6. The summed E-state index contributed by atoms with van der Waals surface area (Å²) >= 11 is 13.8. The van der Waals surface area contributed by atoms with Gasteiger partial charge in [0.1, 0.15) is 0 Å². The summed E-state index contributed by atoms with van der Waals surface area (Å²) in [6, 6.07) is 0. The highest BCUT2D eigenvalue weighted by Crippen LogP contribution is 1.87. The van der Waals surface area contributed by atoms with E-state index in [1.807, 2.05) is 0 Å². The molecule has 0 aromatic rings. The zero-order valence-electron chi connectivity index (χ0n) is 6.72. The van der Waals surface area contributed by atoms with E-state index in [4.69, 9.17) is 28.7 Å². The van der Waals surface area contributed by atoms with E-state index >= 15 is 0 Å². The maximum absolute atomic E-state index is 7.71. The third kappa shape index (κ3) is 22.4. The van der Waals surface area contributed by atoms with Gasteiger partial charge in [-0.1, -0.05) is 21.0 Å². The van der Waals surface area contributed by atoms with Crippen LogP contribution in [0.5, 0.6) is 0 Å². The first-order chi connectivity index (χ1) is 5.83. The second kappa shape index (κ2) is 17.5. The van der Waals surface area contributed by atoms with Crippen LogP contribution >= 0.6 is 39.1 Å². The summed E-state index contributed by atoms with van der Waals surface area (Å²) in [7, 11) is 0. The van der Waals surface area contributed by atoms with E-state index in [1.54, 1.807) is 0 Å². The van der Waals surface area contributed by atoms with Crippen LogP contribution in [0.2, 0.25) is 0 Å². The van der Waals surface area contributed by atoms with Crippen molar-refractivity contribution in [2.24, 2.45) is 5.11 Å². The van der Waals surface area contributed by atoms with Crippen molar-refractivity contribution < 1.29 is 0 Å². The molecule has 0 N–H and O–H groups in total. The molecule has 0 radical (unpaired) electrons. The lowest BCUT2D eigenvalue weighted by Crippen LogP contribution is -1.76. The first kappa shape index (κ1) is 14.9. The third-order valence-electron chi connectivity index (χ3n) is 0.722. The monoisotopic (exact) mass is 275 g/mol. The minimum absolute atomic E-state index is 0.514. The van der Waals surface area contributed by atoms with Gasteiger partial charge in [-0.3, -0.25) is 0 Å². The lowest BCUT2D eigenvalue weighted by atomic mass is 10.5. The predicted molar refractivity (Wildman–Crippen MR) is 58.5 cm³/mol. The SMILES string of the molecule is ClCCCBr.[N-]=[N+]=NCCCCl. The van der Waals surface area contributed by atoms with Crippen LogP contribution < -0.4 is 0 Å². The van der Waals surface area contributed by atoms with Crippen molar-refractivity contribution >= 4 is 39.1 Å². The Labute approximate surface area is 91.2 Å². The molecular formula is C6H12BrCl2N3. The van der Waals surface area contributed by atoms with Crippen LogP contribution in [0, 0.1) is 0 Å². The average molecular weight is 277 g/mol. The molecule has 0 saturated carbocycles. The molecule has 0 unspecified atom stereocenters. The summed E-state index contributed by atoms with van der Waals surface area (Å²) in [5, 5.41) is 4.28. The van der Waals surface area contributed by atoms with Crippen LogP contribution in [-0.2, 0) is 0 Å². The van der Waals surface area contributed by atoms with E-state index < -0.39 is 0 Å². The fourth-order valence-corrected chi connectivity index (χ4v) is 1.08. The first-order valence-electron chi connectivity index (χ1n) is 3.52. The van der Waals surface area contributed by atoms with E-state index in [0.717, 1.165) is 24.1 Å². The molecule has 0 bridgehead atoms. The number of hydrogen-bond acceptors (Lipinski definition) is 1. The van der Waals surface area contributed by atoms with Gasteiger partial charge >= 0.3 is 0 Å². The summed E-state index contributed by atoms with van der Waals surface area (Å²) in [4.78, 5) is 2.54. The van der Waals surface area contributed by atoms with Crippen LogP contribution in [0.25, 0.3) is 10.4 Å². The topological polar surface area (TPSA) is 48.8 Å². The summed E-state index contributed by atoms with van der Waals surface area (Å²) < 4.78 is 0. The Balaban J connectivity index is 0. The van der Waals surface area contributed by atoms with E-state index in [-0.39, 0.29) is 0 Å². The summed E-state index contributed by atoms with van der Waals surface area (Å²) in [5.41, 5.74) is 7.71. The Morgan fingerprint density at radius 3 is 2.08 bits per heavy atom. The summed E-state index contributed by atoms with van der Waals surface area (Å²) in [5.74, 6) is 1.34. The van der Waals surface area contributed by atoms with Gasteiger partial charge in [-0.2, -0.15) is 0 Å². The van der Waals surface area contributed by atoms with E-state index in [9.17, 15) is 0 Å². The van der Waals surface area contributed by atoms with E-state index in [0.29, 0.717) is 12.4 Å². The van der Waals surface area contributed by atoms with E-state index in [2.05, 4.69) is 26.0 Å². The number of alkyl halides is 3. The van der Waals surface area contributed by atoms with Crippen LogP contribution in [0.1, 0.15) is 12.8 Å². The van der Waals surface area contributed by atoms with Gasteiger partial charge in [0.2, 0.25) is 0 Å². The summed E-state index contributed by atoms with van der Waals surface area (Å²) in [6.45, 7) is 0.514. The molecule has 0 aliphatic heterocycles. The average Bonchev–Trinajstić information content (AvgIpc) is 2.08. The largest absolute Gasteiger partial charge is 0.127 e. The molecular weight excluding hydrogens is 265 g/mol. The van der Waals surface area contributed by atoms with Crippen LogP contribution in [-0.4, -0.2) is 23.6 Å². The molecule has 0 saturated heterocycles. The van der Waals surface area contributed by atoms with E-state index in [1.165, 1.54) is 0 Å². The van der Waals surface area contributed by atoms with Crippen molar-refractivity contribution in [3.63, 3.8) is 0 Å². The minimum atomic E-state index is 0.514. The number of halogens is 3. The quantitative estimate of drug-likeness (QED) is 0.240. The standard InChI is InChI=1S/C3H6BrCl.C3H6ClN3/c4-2-1-3-5;4-2-1-3-6-7-5/h1-3H2;1-3H2. The van der Waals surface area contributed by atoms with Crippen molar-refractivity contribution in [3.05, 3.63) is 10.4 Å². The second-order valence-electron chi connectivity index (χ2n) is 1.73. The van der Waals surface area contributed by atoms with Gasteiger partial charge in [-0.05, 0) is 18.4 Å². The van der Waals surface area contributed by atoms with Gasteiger partial charge < -0.3 is 0 Å². The number of azide groups is 1. The first-order valence-corrected chi connectivity index (χ1v) is 5.71. The fraction of sp³-hybridized carbons (Fsp3) is 1.00.